The van der Waals surface area contributed by atoms with Crippen molar-refractivity contribution in [3.63, 3.8) is 0 Å². The smallest absolute Gasteiger partial charge is 0.462 e. The van der Waals surface area contributed by atoms with E-state index in [1.807, 2.05) is 6.92 Å². The molecule has 32 heavy (non-hydrogen) atoms. The molecule has 0 spiro atoms. The third-order valence-electron chi connectivity index (χ3n) is 4.71. The van der Waals surface area contributed by atoms with Gasteiger partial charge in [0.25, 0.3) is 0 Å². The normalized spacial score (nSPS) is 14.0. The minimum absolute atomic E-state index is 0.0554. The van der Waals surface area contributed by atoms with E-state index in [0.29, 0.717) is 12.8 Å². The Hall–Kier alpha value is -0.990. The summed E-state index contributed by atoms with van der Waals surface area (Å²) < 4.78 is 31.7. The van der Waals surface area contributed by atoms with Crippen LogP contribution in [0.5, 0.6) is 0 Å². The molecule has 10 heteroatoms. The summed E-state index contributed by atoms with van der Waals surface area (Å²) in [6.45, 7) is 3.27. The Labute approximate surface area is 193 Å². The predicted molar refractivity (Wildman–Crippen MR) is 123 cm³/mol. The van der Waals surface area contributed by atoms with Crippen molar-refractivity contribution < 1.29 is 37.6 Å². The molecule has 1 unspecified atom stereocenters. The lowest BCUT2D eigenvalue weighted by molar-refractivity contribution is -0.161. The van der Waals surface area contributed by atoms with Crippen molar-refractivity contribution in [2.75, 3.05) is 26.4 Å². The SMILES string of the molecule is CCCCCCCCCCCCC(=O)O[C@H](COC(=O)CCC)COP(=O)(O)OCCN. The van der Waals surface area contributed by atoms with Crippen LogP contribution in [0.4, 0.5) is 0 Å². The van der Waals surface area contributed by atoms with Crippen LogP contribution >= 0.6 is 7.82 Å². The highest BCUT2D eigenvalue weighted by Crippen LogP contribution is 2.43. The maximum atomic E-state index is 12.2. The zero-order valence-corrected chi connectivity index (χ0v) is 20.8. The average Bonchev–Trinajstić information content (AvgIpc) is 2.75. The maximum Gasteiger partial charge on any atom is 0.472 e. The van der Waals surface area contributed by atoms with Gasteiger partial charge in [0.2, 0.25) is 0 Å². The second kappa shape index (κ2) is 20.6. The summed E-state index contributed by atoms with van der Waals surface area (Å²) in [5.74, 6) is -0.893. The van der Waals surface area contributed by atoms with E-state index in [2.05, 4.69) is 11.4 Å². The number of phosphoric acid groups is 1. The number of hydrogen-bond acceptors (Lipinski definition) is 8. The Bertz CT molecular complexity index is 532. The van der Waals surface area contributed by atoms with Crippen LogP contribution in [0.3, 0.4) is 0 Å². The van der Waals surface area contributed by atoms with Crippen LogP contribution in [0.2, 0.25) is 0 Å². The number of ether oxygens (including phenoxy) is 2. The fraction of sp³-hybridized carbons (Fsp3) is 0.909. The molecule has 0 aliphatic carbocycles. The van der Waals surface area contributed by atoms with Crippen LogP contribution in [0.25, 0.3) is 0 Å². The van der Waals surface area contributed by atoms with Crippen molar-refractivity contribution in [1.82, 2.24) is 0 Å². The fourth-order valence-corrected chi connectivity index (χ4v) is 3.73. The molecule has 0 bridgehead atoms. The van der Waals surface area contributed by atoms with E-state index in [9.17, 15) is 19.0 Å². The molecule has 3 N–H and O–H groups in total. The van der Waals surface area contributed by atoms with Crippen molar-refractivity contribution >= 4 is 19.8 Å². The fourth-order valence-electron chi connectivity index (χ4n) is 2.96. The van der Waals surface area contributed by atoms with Crippen LogP contribution in [-0.2, 0) is 32.7 Å². The van der Waals surface area contributed by atoms with Gasteiger partial charge in [-0.3, -0.25) is 18.6 Å². The number of rotatable bonds is 22. The first-order chi connectivity index (χ1) is 15.3. The zero-order chi connectivity index (χ0) is 24.1. The second-order valence-corrected chi connectivity index (χ2v) is 9.32. The lowest BCUT2D eigenvalue weighted by Crippen LogP contribution is -2.29. The third-order valence-corrected chi connectivity index (χ3v) is 5.70. The standard InChI is InChI=1S/C22H44NO8P/c1-3-5-6-7-8-9-10-11-12-13-15-22(25)31-20(18-28-21(24)14-4-2)19-30-32(26,27)29-17-16-23/h20H,3-19,23H2,1-2H3,(H,26,27)/t20-/m1/s1. The highest BCUT2D eigenvalue weighted by Gasteiger charge is 2.25. The van der Waals surface area contributed by atoms with Gasteiger partial charge in [-0.1, -0.05) is 71.6 Å². The predicted octanol–water partition coefficient (Wildman–Crippen LogP) is 4.64. The van der Waals surface area contributed by atoms with E-state index in [1.165, 1.54) is 44.9 Å². The molecule has 0 radical (unpaired) electrons. The van der Waals surface area contributed by atoms with Gasteiger partial charge in [0, 0.05) is 19.4 Å². The maximum absolute atomic E-state index is 12.2. The number of hydrogen-bond donors (Lipinski definition) is 2. The molecular weight excluding hydrogens is 437 g/mol. The molecule has 0 rings (SSSR count). The van der Waals surface area contributed by atoms with E-state index >= 15 is 0 Å². The highest BCUT2D eigenvalue weighted by molar-refractivity contribution is 7.47. The Morgan fingerprint density at radius 3 is 1.97 bits per heavy atom. The molecule has 9 nitrogen and oxygen atoms in total. The van der Waals surface area contributed by atoms with Crippen LogP contribution in [0.1, 0.15) is 97.3 Å². The number of esters is 2. The summed E-state index contributed by atoms with van der Waals surface area (Å²) in [7, 11) is -4.32. The second-order valence-electron chi connectivity index (χ2n) is 7.86. The Balaban J connectivity index is 4.23. The first-order valence-corrected chi connectivity index (χ1v) is 13.5. The van der Waals surface area contributed by atoms with Crippen molar-refractivity contribution in [1.29, 1.82) is 0 Å². The molecule has 0 fully saturated rings. The van der Waals surface area contributed by atoms with E-state index in [1.54, 1.807) is 0 Å². The van der Waals surface area contributed by atoms with Crippen LogP contribution < -0.4 is 5.73 Å². The van der Waals surface area contributed by atoms with Crippen LogP contribution in [0.15, 0.2) is 0 Å². The number of carbonyl (C=O) groups excluding carboxylic acids is 2. The summed E-state index contributed by atoms with van der Waals surface area (Å²) in [5, 5.41) is 0. The Morgan fingerprint density at radius 1 is 0.812 bits per heavy atom. The van der Waals surface area contributed by atoms with Crippen molar-refractivity contribution in [3.8, 4) is 0 Å². The quantitative estimate of drug-likeness (QED) is 0.129. The molecule has 0 saturated heterocycles. The van der Waals surface area contributed by atoms with E-state index < -0.39 is 32.5 Å². The molecule has 0 heterocycles. The number of nitrogens with two attached hydrogens (primary N) is 1. The molecule has 0 aromatic rings. The van der Waals surface area contributed by atoms with Crippen LogP contribution in [0, 0.1) is 0 Å². The molecule has 190 valence electrons. The summed E-state index contributed by atoms with van der Waals surface area (Å²) in [4.78, 5) is 33.4. The van der Waals surface area contributed by atoms with Gasteiger partial charge in [0.15, 0.2) is 6.10 Å². The molecule has 0 saturated carbocycles. The number of carbonyl (C=O) groups is 2. The first-order valence-electron chi connectivity index (χ1n) is 12.0. The lowest BCUT2D eigenvalue weighted by atomic mass is 10.1. The van der Waals surface area contributed by atoms with Gasteiger partial charge in [-0.05, 0) is 12.8 Å². The summed E-state index contributed by atoms with van der Waals surface area (Å²) in [6.07, 6.45) is 11.7. The van der Waals surface area contributed by atoms with Crippen molar-refractivity contribution in [2.45, 2.75) is 103 Å². The number of phosphoric ester groups is 1. The van der Waals surface area contributed by atoms with Gasteiger partial charge in [-0.15, -0.1) is 0 Å². The average molecular weight is 482 g/mol. The summed E-state index contributed by atoms with van der Waals surface area (Å²) >= 11 is 0. The van der Waals surface area contributed by atoms with E-state index in [4.69, 9.17) is 19.7 Å². The molecule has 0 aromatic carbocycles. The minimum Gasteiger partial charge on any atom is -0.462 e. The van der Waals surface area contributed by atoms with E-state index in [0.717, 1.165) is 12.8 Å². The van der Waals surface area contributed by atoms with E-state index in [-0.39, 0.29) is 32.6 Å². The first kappa shape index (κ1) is 31.0. The number of unbranched alkanes of at least 4 members (excludes halogenated alkanes) is 9. The van der Waals surface area contributed by atoms with Crippen molar-refractivity contribution in [2.24, 2.45) is 5.73 Å². The van der Waals surface area contributed by atoms with Gasteiger partial charge >= 0.3 is 19.8 Å². The summed E-state index contributed by atoms with van der Waals surface area (Å²) in [6, 6.07) is 0. The lowest BCUT2D eigenvalue weighted by Gasteiger charge is -2.19. The molecule has 0 aromatic heterocycles. The Morgan fingerprint density at radius 2 is 1.41 bits per heavy atom. The molecular formula is C22H44NO8P. The monoisotopic (exact) mass is 481 g/mol. The highest BCUT2D eigenvalue weighted by atomic mass is 31.2. The molecule has 0 amide bonds. The topological polar surface area (TPSA) is 134 Å². The van der Waals surface area contributed by atoms with Gasteiger partial charge < -0.3 is 20.1 Å². The third kappa shape index (κ3) is 19.7. The van der Waals surface area contributed by atoms with Gasteiger partial charge in [0.05, 0.1) is 13.2 Å². The zero-order valence-electron chi connectivity index (χ0n) is 19.9. The van der Waals surface area contributed by atoms with Gasteiger partial charge in [-0.2, -0.15) is 0 Å². The minimum atomic E-state index is -4.32. The van der Waals surface area contributed by atoms with Gasteiger partial charge in [0.1, 0.15) is 6.61 Å². The van der Waals surface area contributed by atoms with Crippen molar-refractivity contribution in [3.05, 3.63) is 0 Å². The molecule has 2 atom stereocenters. The van der Waals surface area contributed by atoms with Gasteiger partial charge in [-0.25, -0.2) is 4.57 Å². The largest absolute Gasteiger partial charge is 0.472 e. The van der Waals surface area contributed by atoms with Crippen LogP contribution in [-0.4, -0.2) is 49.3 Å². The molecule has 0 aliphatic rings. The summed E-state index contributed by atoms with van der Waals surface area (Å²) in [5.41, 5.74) is 5.24. The Kier molecular flexibility index (Phi) is 20.0. The molecule has 0 aliphatic heterocycles.